The molecule has 0 aromatic heterocycles. The summed E-state index contributed by atoms with van der Waals surface area (Å²) in [4.78, 5) is 25.0. The first-order chi connectivity index (χ1) is 9.38. The first-order valence-corrected chi connectivity index (χ1v) is 6.65. The molecule has 1 amide bonds. The summed E-state index contributed by atoms with van der Waals surface area (Å²) in [6.07, 6.45) is 1.91. The highest BCUT2D eigenvalue weighted by molar-refractivity contribution is 6.02. The molecule has 0 radical (unpaired) electrons. The molecule has 1 aromatic rings. The van der Waals surface area contributed by atoms with Gasteiger partial charge in [0.2, 0.25) is 0 Å². The van der Waals surface area contributed by atoms with Gasteiger partial charge in [0.25, 0.3) is 11.6 Å². The van der Waals surface area contributed by atoms with Gasteiger partial charge in [-0.3, -0.25) is 14.9 Å². The minimum Gasteiger partial charge on any atom is -0.382 e. The number of anilines is 1. The fourth-order valence-corrected chi connectivity index (χ4v) is 2.76. The van der Waals surface area contributed by atoms with Crippen LogP contribution in [-0.4, -0.2) is 34.9 Å². The number of likely N-dealkylation sites (tertiary alicyclic amines) is 1. The predicted octanol–water partition coefficient (Wildman–Crippen LogP) is 2.65. The van der Waals surface area contributed by atoms with Crippen molar-refractivity contribution in [1.82, 2.24) is 4.90 Å². The molecule has 0 aliphatic carbocycles. The zero-order valence-corrected chi connectivity index (χ0v) is 12.0. The molecule has 108 valence electrons. The molecule has 1 N–H and O–H groups in total. The van der Waals surface area contributed by atoms with Crippen molar-refractivity contribution < 1.29 is 9.72 Å². The van der Waals surface area contributed by atoms with E-state index in [0.717, 1.165) is 12.8 Å². The number of nitro groups is 1. The predicted molar refractivity (Wildman–Crippen MR) is 77.0 cm³/mol. The second kappa shape index (κ2) is 5.11. The van der Waals surface area contributed by atoms with Gasteiger partial charge in [0.1, 0.15) is 5.69 Å². The second-order valence-electron chi connectivity index (χ2n) is 5.58. The Morgan fingerprint density at radius 3 is 2.65 bits per heavy atom. The Morgan fingerprint density at radius 2 is 2.15 bits per heavy atom. The lowest BCUT2D eigenvalue weighted by atomic mass is 10.0. The van der Waals surface area contributed by atoms with Crippen molar-refractivity contribution in [3.63, 3.8) is 0 Å². The molecular formula is C14H19N3O3. The molecule has 1 aliphatic heterocycles. The smallest absolute Gasteiger partial charge is 0.293 e. The zero-order valence-electron chi connectivity index (χ0n) is 12.0. The Hall–Kier alpha value is -2.11. The van der Waals surface area contributed by atoms with Crippen LogP contribution in [0.4, 0.5) is 11.4 Å². The standard InChI is InChI=1S/C14H19N3O3/c1-14(2)8-5-9-16(14)13(18)10-6-4-7-11(17(19)20)12(10)15-3/h4,6-7,15H,5,8-9H2,1-3H3. The van der Waals surface area contributed by atoms with E-state index in [-0.39, 0.29) is 22.8 Å². The lowest BCUT2D eigenvalue weighted by molar-refractivity contribution is -0.384. The van der Waals surface area contributed by atoms with Crippen LogP contribution in [0, 0.1) is 10.1 Å². The molecule has 1 heterocycles. The van der Waals surface area contributed by atoms with Crippen LogP contribution in [0.3, 0.4) is 0 Å². The van der Waals surface area contributed by atoms with Crippen LogP contribution in [0.25, 0.3) is 0 Å². The first kappa shape index (κ1) is 14.3. The van der Waals surface area contributed by atoms with Crippen molar-refractivity contribution in [2.24, 2.45) is 0 Å². The summed E-state index contributed by atoms with van der Waals surface area (Å²) in [6.45, 7) is 4.74. The van der Waals surface area contributed by atoms with Crippen LogP contribution in [0.5, 0.6) is 0 Å². The van der Waals surface area contributed by atoms with Gasteiger partial charge in [-0.05, 0) is 32.8 Å². The SMILES string of the molecule is CNc1c(C(=O)N2CCCC2(C)C)cccc1[N+](=O)[O-]. The van der Waals surface area contributed by atoms with E-state index in [2.05, 4.69) is 5.32 Å². The third-order valence-corrected chi connectivity index (χ3v) is 3.87. The summed E-state index contributed by atoms with van der Waals surface area (Å²) in [5.41, 5.74) is 0.365. The number of carbonyl (C=O) groups excluding carboxylic acids is 1. The molecule has 1 fully saturated rings. The summed E-state index contributed by atoms with van der Waals surface area (Å²) in [5, 5.41) is 13.8. The van der Waals surface area contributed by atoms with E-state index >= 15 is 0 Å². The molecule has 6 heteroatoms. The van der Waals surface area contributed by atoms with Crippen LogP contribution in [0.1, 0.15) is 37.0 Å². The van der Waals surface area contributed by atoms with Gasteiger partial charge in [0.15, 0.2) is 0 Å². The van der Waals surface area contributed by atoms with Crippen molar-refractivity contribution >= 4 is 17.3 Å². The first-order valence-electron chi connectivity index (χ1n) is 6.65. The van der Waals surface area contributed by atoms with Gasteiger partial charge in [0, 0.05) is 25.2 Å². The Bertz CT molecular complexity index is 555. The Kier molecular flexibility index (Phi) is 3.65. The van der Waals surface area contributed by atoms with Gasteiger partial charge < -0.3 is 10.2 Å². The normalized spacial score (nSPS) is 17.1. The minimum absolute atomic E-state index is 0.0737. The zero-order chi connectivity index (χ0) is 14.9. The number of nitro benzene ring substituents is 1. The minimum atomic E-state index is -0.474. The van der Waals surface area contributed by atoms with Crippen molar-refractivity contribution in [1.29, 1.82) is 0 Å². The molecular weight excluding hydrogens is 258 g/mol. The number of hydrogen-bond donors (Lipinski definition) is 1. The van der Waals surface area contributed by atoms with E-state index in [1.54, 1.807) is 24.1 Å². The molecule has 0 saturated carbocycles. The number of amides is 1. The monoisotopic (exact) mass is 277 g/mol. The number of nitrogens with zero attached hydrogens (tertiary/aromatic N) is 2. The maximum atomic E-state index is 12.7. The fraction of sp³-hybridized carbons (Fsp3) is 0.500. The Labute approximate surface area is 117 Å². The van der Waals surface area contributed by atoms with Crippen molar-refractivity contribution in [3.05, 3.63) is 33.9 Å². The largest absolute Gasteiger partial charge is 0.382 e. The molecule has 1 aromatic carbocycles. The van der Waals surface area contributed by atoms with Gasteiger partial charge in [-0.2, -0.15) is 0 Å². The van der Waals surface area contributed by atoms with Crippen molar-refractivity contribution in [3.8, 4) is 0 Å². The third kappa shape index (κ3) is 2.33. The molecule has 0 unspecified atom stereocenters. The van der Waals surface area contributed by atoms with Gasteiger partial charge in [-0.15, -0.1) is 0 Å². The summed E-state index contributed by atoms with van der Waals surface area (Å²) in [5.74, 6) is -0.152. The van der Waals surface area contributed by atoms with Crippen LogP contribution in [-0.2, 0) is 0 Å². The molecule has 1 saturated heterocycles. The van der Waals surface area contributed by atoms with Gasteiger partial charge in [-0.1, -0.05) is 6.07 Å². The van der Waals surface area contributed by atoms with Gasteiger partial charge in [0.05, 0.1) is 10.5 Å². The molecule has 0 spiro atoms. The summed E-state index contributed by atoms with van der Waals surface area (Å²) in [7, 11) is 1.59. The summed E-state index contributed by atoms with van der Waals surface area (Å²) >= 11 is 0. The van der Waals surface area contributed by atoms with Crippen molar-refractivity contribution in [2.75, 3.05) is 18.9 Å². The number of nitrogens with one attached hydrogen (secondary N) is 1. The number of para-hydroxylation sites is 1. The lowest BCUT2D eigenvalue weighted by Crippen LogP contribution is -2.42. The molecule has 0 atom stereocenters. The number of rotatable bonds is 3. The van der Waals surface area contributed by atoms with Crippen LogP contribution in [0.2, 0.25) is 0 Å². The summed E-state index contributed by atoms with van der Waals surface area (Å²) < 4.78 is 0. The van der Waals surface area contributed by atoms with Crippen LogP contribution < -0.4 is 5.32 Å². The molecule has 2 rings (SSSR count). The highest BCUT2D eigenvalue weighted by Gasteiger charge is 2.37. The van der Waals surface area contributed by atoms with E-state index in [0.29, 0.717) is 12.1 Å². The highest BCUT2D eigenvalue weighted by atomic mass is 16.6. The molecule has 6 nitrogen and oxygen atoms in total. The topological polar surface area (TPSA) is 75.5 Å². The fourth-order valence-electron chi connectivity index (χ4n) is 2.76. The molecule has 20 heavy (non-hydrogen) atoms. The van der Waals surface area contributed by atoms with E-state index in [4.69, 9.17) is 0 Å². The highest BCUT2D eigenvalue weighted by Crippen LogP contribution is 2.34. The Morgan fingerprint density at radius 1 is 1.45 bits per heavy atom. The molecule has 0 bridgehead atoms. The number of benzene rings is 1. The second-order valence-corrected chi connectivity index (χ2v) is 5.58. The average Bonchev–Trinajstić information content (AvgIpc) is 2.76. The van der Waals surface area contributed by atoms with E-state index in [1.165, 1.54) is 6.07 Å². The van der Waals surface area contributed by atoms with E-state index in [1.807, 2.05) is 13.8 Å². The van der Waals surface area contributed by atoms with E-state index in [9.17, 15) is 14.9 Å². The Balaban J connectivity index is 2.45. The van der Waals surface area contributed by atoms with Crippen LogP contribution >= 0.6 is 0 Å². The van der Waals surface area contributed by atoms with E-state index < -0.39 is 4.92 Å². The molecule has 1 aliphatic rings. The maximum Gasteiger partial charge on any atom is 0.293 e. The third-order valence-electron chi connectivity index (χ3n) is 3.87. The number of hydrogen-bond acceptors (Lipinski definition) is 4. The lowest BCUT2D eigenvalue weighted by Gasteiger charge is -2.32. The average molecular weight is 277 g/mol. The van der Waals surface area contributed by atoms with Crippen LogP contribution in [0.15, 0.2) is 18.2 Å². The maximum absolute atomic E-state index is 12.7. The van der Waals surface area contributed by atoms with Gasteiger partial charge >= 0.3 is 0 Å². The number of carbonyl (C=O) groups is 1. The summed E-state index contributed by atoms with van der Waals surface area (Å²) in [6, 6.07) is 4.59. The quantitative estimate of drug-likeness (QED) is 0.680. The van der Waals surface area contributed by atoms with Crippen molar-refractivity contribution in [2.45, 2.75) is 32.2 Å². The van der Waals surface area contributed by atoms with Gasteiger partial charge in [-0.25, -0.2) is 0 Å².